The van der Waals surface area contributed by atoms with Gasteiger partial charge in [0.2, 0.25) is 0 Å². The molecule has 11 nitrogen and oxygen atoms in total. The van der Waals surface area contributed by atoms with Gasteiger partial charge in [0.15, 0.2) is 28.5 Å². The Bertz CT molecular complexity index is 1280. The first-order chi connectivity index (χ1) is 17.5. The van der Waals surface area contributed by atoms with E-state index in [1.807, 2.05) is 13.1 Å². The molecule has 1 fully saturated rings. The maximum atomic E-state index is 13.3. The van der Waals surface area contributed by atoms with Crippen molar-refractivity contribution in [1.82, 2.24) is 9.55 Å². The Morgan fingerprint density at radius 3 is 2.10 bits per heavy atom. The first-order valence-corrected chi connectivity index (χ1v) is 20.4. The molecule has 1 saturated heterocycles. The Morgan fingerprint density at radius 2 is 1.67 bits per heavy atom. The van der Waals surface area contributed by atoms with Gasteiger partial charge in [0.1, 0.15) is 18.0 Å². The average Bonchev–Trinajstić information content (AvgIpc) is 3.17. The Hall–Kier alpha value is -1.56. The van der Waals surface area contributed by atoms with Crippen LogP contribution in [0.2, 0.25) is 36.3 Å². The fourth-order valence-electron chi connectivity index (χ4n) is 4.06. The SMILES string of the molecule is CN(C)c1ccn(C2OC(CO[Si](C)(C)C(C)(C)C)C3(OS(=O)(=O)C=C3N)C2O[Si](C)(C)C(C)(C)C)c(=O)n1. The molecule has 1 aromatic rings. The van der Waals surface area contributed by atoms with Gasteiger partial charge in [-0.1, -0.05) is 41.5 Å². The molecular formula is C25H46N4O7SSi2. The first kappa shape index (κ1) is 32.0. The first-order valence-electron chi connectivity index (χ1n) is 13.1. The molecule has 39 heavy (non-hydrogen) atoms. The van der Waals surface area contributed by atoms with Crippen molar-refractivity contribution in [3.63, 3.8) is 0 Å². The van der Waals surface area contributed by atoms with Crippen molar-refractivity contribution in [2.24, 2.45) is 5.73 Å². The van der Waals surface area contributed by atoms with Gasteiger partial charge in [-0.2, -0.15) is 13.4 Å². The van der Waals surface area contributed by atoms with Crippen LogP contribution in [0.5, 0.6) is 0 Å². The lowest BCUT2D eigenvalue weighted by Crippen LogP contribution is -2.59. The molecule has 14 heteroatoms. The van der Waals surface area contributed by atoms with E-state index in [1.54, 1.807) is 31.3 Å². The van der Waals surface area contributed by atoms with Gasteiger partial charge >= 0.3 is 5.69 Å². The van der Waals surface area contributed by atoms with Crippen LogP contribution in [0.25, 0.3) is 0 Å². The van der Waals surface area contributed by atoms with Crippen molar-refractivity contribution in [3.8, 4) is 0 Å². The molecule has 2 aliphatic heterocycles. The highest BCUT2D eigenvalue weighted by molar-refractivity contribution is 7.90. The minimum Gasteiger partial charge on any atom is -0.414 e. The van der Waals surface area contributed by atoms with E-state index in [4.69, 9.17) is 23.5 Å². The molecule has 0 aliphatic carbocycles. The lowest BCUT2D eigenvalue weighted by atomic mass is 9.89. The zero-order valence-electron chi connectivity index (χ0n) is 25.4. The van der Waals surface area contributed by atoms with Gasteiger partial charge in [0, 0.05) is 20.3 Å². The predicted octanol–water partition coefficient (Wildman–Crippen LogP) is 3.52. The molecule has 2 aliphatic rings. The van der Waals surface area contributed by atoms with Crippen LogP contribution in [0, 0.1) is 0 Å². The highest BCUT2D eigenvalue weighted by atomic mass is 32.2. The third-order valence-electron chi connectivity index (χ3n) is 8.62. The zero-order chi connectivity index (χ0) is 30.0. The molecule has 4 atom stereocenters. The van der Waals surface area contributed by atoms with Crippen LogP contribution in [0.4, 0.5) is 5.82 Å². The Balaban J connectivity index is 2.21. The minimum absolute atomic E-state index is 0.00632. The van der Waals surface area contributed by atoms with Crippen molar-refractivity contribution >= 4 is 32.6 Å². The van der Waals surface area contributed by atoms with E-state index in [-0.39, 0.29) is 22.4 Å². The molecule has 3 heterocycles. The molecule has 1 aromatic heterocycles. The summed E-state index contributed by atoms with van der Waals surface area (Å²) in [6.45, 7) is 20.8. The molecule has 4 unspecified atom stereocenters. The zero-order valence-corrected chi connectivity index (χ0v) is 28.2. The van der Waals surface area contributed by atoms with Crippen molar-refractivity contribution in [2.75, 3.05) is 25.6 Å². The molecule has 1 spiro atoms. The van der Waals surface area contributed by atoms with E-state index >= 15 is 0 Å². The summed E-state index contributed by atoms with van der Waals surface area (Å²) in [6.07, 6.45) is -1.53. The van der Waals surface area contributed by atoms with Crippen molar-refractivity contribution < 1.29 is 26.2 Å². The van der Waals surface area contributed by atoms with Gasteiger partial charge < -0.3 is 24.2 Å². The molecular weight excluding hydrogens is 557 g/mol. The van der Waals surface area contributed by atoms with E-state index in [1.165, 1.54) is 4.57 Å². The molecule has 0 aromatic carbocycles. The van der Waals surface area contributed by atoms with Crippen LogP contribution >= 0.6 is 0 Å². The van der Waals surface area contributed by atoms with E-state index in [0.717, 1.165) is 5.41 Å². The number of hydrogen-bond acceptors (Lipinski definition) is 10. The van der Waals surface area contributed by atoms with Gasteiger partial charge in [-0.05, 0) is 42.3 Å². The van der Waals surface area contributed by atoms with Crippen LogP contribution in [0.3, 0.4) is 0 Å². The topological polar surface area (TPSA) is 135 Å². The summed E-state index contributed by atoms with van der Waals surface area (Å²) in [6, 6.07) is 1.69. The lowest BCUT2D eigenvalue weighted by molar-refractivity contribution is -0.0562. The van der Waals surface area contributed by atoms with Crippen LogP contribution in [0.15, 0.2) is 28.2 Å². The molecule has 222 valence electrons. The number of nitrogens with zero attached hydrogens (tertiary/aromatic N) is 3. The van der Waals surface area contributed by atoms with E-state index in [2.05, 4.69) is 59.6 Å². The lowest BCUT2D eigenvalue weighted by Gasteiger charge is -2.43. The number of hydrogen-bond donors (Lipinski definition) is 1. The Labute approximate surface area is 235 Å². The number of anilines is 1. The van der Waals surface area contributed by atoms with Gasteiger partial charge in [-0.15, -0.1) is 0 Å². The van der Waals surface area contributed by atoms with Gasteiger partial charge in [-0.25, -0.2) is 8.98 Å². The Kier molecular flexibility index (Phi) is 8.25. The number of rotatable bonds is 7. The molecule has 3 rings (SSSR count). The molecule has 0 bridgehead atoms. The predicted molar refractivity (Wildman–Crippen MR) is 157 cm³/mol. The van der Waals surface area contributed by atoms with E-state index < -0.39 is 56.5 Å². The second kappa shape index (κ2) is 10.1. The molecule has 0 saturated carbocycles. The summed E-state index contributed by atoms with van der Waals surface area (Å²) in [7, 11) is -5.46. The Morgan fingerprint density at radius 1 is 1.10 bits per heavy atom. The minimum atomic E-state index is -4.15. The highest BCUT2D eigenvalue weighted by Gasteiger charge is 2.67. The van der Waals surface area contributed by atoms with Gasteiger partial charge in [-0.3, -0.25) is 4.57 Å². The summed E-state index contributed by atoms with van der Waals surface area (Å²) in [5.74, 6) is 0.475. The fourth-order valence-corrected chi connectivity index (χ4v) is 7.57. The smallest absolute Gasteiger partial charge is 0.351 e. The summed E-state index contributed by atoms with van der Waals surface area (Å²) in [4.78, 5) is 19.2. The largest absolute Gasteiger partial charge is 0.414 e. The molecule has 2 N–H and O–H groups in total. The summed E-state index contributed by atoms with van der Waals surface area (Å²) in [5, 5.41) is 0.556. The number of aromatic nitrogens is 2. The highest BCUT2D eigenvalue weighted by Crippen LogP contribution is 2.52. The molecule has 0 amide bonds. The number of ether oxygens (including phenoxy) is 1. The second-order valence-corrected chi connectivity index (χ2v) is 24.7. The van der Waals surface area contributed by atoms with Gasteiger partial charge in [0.05, 0.1) is 17.7 Å². The van der Waals surface area contributed by atoms with Crippen LogP contribution in [-0.2, 0) is 27.9 Å². The third kappa shape index (κ3) is 5.92. The summed E-state index contributed by atoms with van der Waals surface area (Å²) >= 11 is 0. The standard InChI is InChI=1S/C25H46N4O7SSi2/c1-23(2,3)38(9,10)33-15-18-25(17(26)16-37(31,32)36-25)20(35-39(11,12)24(4,5)6)21(34-18)29-14-13-19(28(7)8)27-22(29)30/h13-14,16,18,20-21H,15,26H2,1-12H3. The average molecular weight is 603 g/mol. The van der Waals surface area contributed by atoms with Crippen molar-refractivity contribution in [1.29, 1.82) is 0 Å². The maximum absolute atomic E-state index is 13.3. The van der Waals surface area contributed by atoms with E-state index in [9.17, 15) is 13.2 Å². The maximum Gasteiger partial charge on any atom is 0.351 e. The number of nitrogens with two attached hydrogens (primary N) is 1. The summed E-state index contributed by atoms with van der Waals surface area (Å²) in [5.41, 5.74) is 4.16. The fraction of sp³-hybridized carbons (Fsp3) is 0.760. The normalized spacial score (nSPS) is 27.7. The van der Waals surface area contributed by atoms with Crippen molar-refractivity contribution in [2.45, 2.75) is 102 Å². The van der Waals surface area contributed by atoms with Crippen LogP contribution in [-0.4, -0.2) is 73.1 Å². The monoisotopic (exact) mass is 602 g/mol. The van der Waals surface area contributed by atoms with Crippen molar-refractivity contribution in [3.05, 3.63) is 33.9 Å². The second-order valence-electron chi connectivity index (χ2n) is 13.7. The quantitative estimate of drug-likeness (QED) is 0.365. The molecule has 0 radical (unpaired) electrons. The van der Waals surface area contributed by atoms with E-state index in [0.29, 0.717) is 5.82 Å². The van der Waals surface area contributed by atoms with Crippen LogP contribution < -0.4 is 16.3 Å². The summed E-state index contributed by atoms with van der Waals surface area (Å²) < 4.78 is 52.7. The van der Waals surface area contributed by atoms with Gasteiger partial charge in [0.25, 0.3) is 10.1 Å². The third-order valence-corrected chi connectivity index (χ3v) is 18.6. The van der Waals surface area contributed by atoms with Crippen LogP contribution in [0.1, 0.15) is 47.8 Å².